The van der Waals surface area contributed by atoms with Gasteiger partial charge in [0.2, 0.25) is 5.91 Å². The number of anilines is 1. The molecule has 0 bridgehead atoms. The summed E-state index contributed by atoms with van der Waals surface area (Å²) >= 11 is 1.55. The van der Waals surface area contributed by atoms with Gasteiger partial charge in [0.1, 0.15) is 0 Å². The summed E-state index contributed by atoms with van der Waals surface area (Å²) < 4.78 is 5.54. The molecular formula is C18H22N2O2S. The van der Waals surface area contributed by atoms with Crippen molar-refractivity contribution in [2.24, 2.45) is 0 Å². The SMILES string of the molecule is Cc1ccccc1Cc1cnc(NC(=O)CCC2CCCO2)s1. The zero-order valence-corrected chi connectivity index (χ0v) is 14.2. The smallest absolute Gasteiger partial charge is 0.226 e. The van der Waals surface area contributed by atoms with E-state index in [9.17, 15) is 4.79 Å². The van der Waals surface area contributed by atoms with Crippen LogP contribution in [-0.2, 0) is 16.0 Å². The Morgan fingerprint density at radius 1 is 1.43 bits per heavy atom. The van der Waals surface area contributed by atoms with E-state index in [0.29, 0.717) is 11.6 Å². The third kappa shape index (κ3) is 4.62. The van der Waals surface area contributed by atoms with Crippen molar-refractivity contribution < 1.29 is 9.53 Å². The first kappa shape index (κ1) is 16.1. The first-order chi connectivity index (χ1) is 11.2. The van der Waals surface area contributed by atoms with Gasteiger partial charge < -0.3 is 10.1 Å². The van der Waals surface area contributed by atoms with Crippen LogP contribution < -0.4 is 5.32 Å². The van der Waals surface area contributed by atoms with Gasteiger partial charge in [-0.1, -0.05) is 24.3 Å². The molecule has 0 radical (unpaired) electrons. The number of thiazole rings is 1. The molecule has 1 amide bonds. The zero-order valence-electron chi connectivity index (χ0n) is 13.4. The number of hydrogen-bond donors (Lipinski definition) is 1. The third-order valence-electron chi connectivity index (χ3n) is 4.14. The van der Waals surface area contributed by atoms with Gasteiger partial charge in [-0.05, 0) is 37.3 Å². The average molecular weight is 330 g/mol. The zero-order chi connectivity index (χ0) is 16.1. The van der Waals surface area contributed by atoms with Gasteiger partial charge in [-0.2, -0.15) is 0 Å². The highest BCUT2D eigenvalue weighted by molar-refractivity contribution is 7.15. The predicted octanol–water partition coefficient (Wildman–Crippen LogP) is 3.94. The highest BCUT2D eigenvalue weighted by atomic mass is 32.1. The number of ether oxygens (including phenoxy) is 1. The van der Waals surface area contributed by atoms with Crippen molar-refractivity contribution in [1.82, 2.24) is 4.98 Å². The van der Waals surface area contributed by atoms with Crippen LogP contribution in [0, 0.1) is 6.92 Å². The monoisotopic (exact) mass is 330 g/mol. The van der Waals surface area contributed by atoms with Gasteiger partial charge in [0.25, 0.3) is 0 Å². The lowest BCUT2D eigenvalue weighted by Gasteiger charge is -2.08. The average Bonchev–Trinajstić information content (AvgIpc) is 3.19. The fourth-order valence-corrected chi connectivity index (χ4v) is 3.64. The van der Waals surface area contributed by atoms with Crippen molar-refractivity contribution in [3.05, 3.63) is 46.5 Å². The number of nitrogens with one attached hydrogen (secondary N) is 1. The Bertz CT molecular complexity index is 663. The van der Waals surface area contributed by atoms with Crippen LogP contribution in [0.15, 0.2) is 30.5 Å². The van der Waals surface area contributed by atoms with Gasteiger partial charge in [0.15, 0.2) is 5.13 Å². The Labute approximate surface area is 140 Å². The van der Waals surface area contributed by atoms with E-state index in [4.69, 9.17) is 4.74 Å². The largest absolute Gasteiger partial charge is 0.378 e. The maximum atomic E-state index is 12.0. The quantitative estimate of drug-likeness (QED) is 0.873. The van der Waals surface area contributed by atoms with Crippen LogP contribution in [-0.4, -0.2) is 23.6 Å². The highest BCUT2D eigenvalue weighted by Crippen LogP contribution is 2.23. The van der Waals surface area contributed by atoms with Crippen molar-refractivity contribution in [1.29, 1.82) is 0 Å². The van der Waals surface area contributed by atoms with Crippen molar-refractivity contribution in [2.45, 2.75) is 45.1 Å². The maximum absolute atomic E-state index is 12.0. The summed E-state index contributed by atoms with van der Waals surface area (Å²) in [7, 11) is 0. The first-order valence-electron chi connectivity index (χ1n) is 8.11. The summed E-state index contributed by atoms with van der Waals surface area (Å²) in [4.78, 5) is 17.5. The summed E-state index contributed by atoms with van der Waals surface area (Å²) in [6.45, 7) is 2.95. The molecule has 1 unspecified atom stereocenters. The summed E-state index contributed by atoms with van der Waals surface area (Å²) in [5.74, 6) is 0.0253. The molecule has 0 spiro atoms. The van der Waals surface area contributed by atoms with Gasteiger partial charge in [0, 0.05) is 30.5 Å². The van der Waals surface area contributed by atoms with Crippen LogP contribution >= 0.6 is 11.3 Å². The molecule has 2 aromatic rings. The number of carbonyl (C=O) groups excluding carboxylic acids is 1. The normalized spacial score (nSPS) is 17.3. The van der Waals surface area contributed by atoms with E-state index in [1.807, 2.05) is 12.3 Å². The number of aromatic nitrogens is 1. The minimum absolute atomic E-state index is 0.0253. The Morgan fingerprint density at radius 3 is 3.09 bits per heavy atom. The molecule has 1 aromatic carbocycles. The van der Waals surface area contributed by atoms with E-state index in [2.05, 4.69) is 35.4 Å². The lowest BCUT2D eigenvalue weighted by Crippen LogP contribution is -2.15. The van der Waals surface area contributed by atoms with Gasteiger partial charge in [-0.15, -0.1) is 11.3 Å². The molecule has 3 rings (SSSR count). The Morgan fingerprint density at radius 2 is 2.30 bits per heavy atom. The van der Waals surface area contributed by atoms with E-state index in [0.717, 1.165) is 37.2 Å². The van der Waals surface area contributed by atoms with Crippen molar-refractivity contribution in [2.75, 3.05) is 11.9 Å². The van der Waals surface area contributed by atoms with Gasteiger partial charge in [-0.3, -0.25) is 4.79 Å². The molecule has 1 aromatic heterocycles. The predicted molar refractivity (Wildman–Crippen MR) is 92.9 cm³/mol. The fourth-order valence-electron chi connectivity index (χ4n) is 2.79. The molecule has 1 atom stereocenters. The molecule has 1 aliphatic heterocycles. The number of amides is 1. The van der Waals surface area contributed by atoms with Crippen LogP contribution in [0.4, 0.5) is 5.13 Å². The maximum Gasteiger partial charge on any atom is 0.226 e. The van der Waals surface area contributed by atoms with Gasteiger partial charge in [-0.25, -0.2) is 4.98 Å². The van der Waals surface area contributed by atoms with Crippen LogP contribution in [0.3, 0.4) is 0 Å². The topological polar surface area (TPSA) is 51.2 Å². The fraction of sp³-hybridized carbons (Fsp3) is 0.444. The number of aryl methyl sites for hydroxylation is 1. The number of benzene rings is 1. The number of hydrogen-bond acceptors (Lipinski definition) is 4. The molecule has 0 aliphatic carbocycles. The molecule has 23 heavy (non-hydrogen) atoms. The summed E-state index contributed by atoms with van der Waals surface area (Å²) in [5.41, 5.74) is 2.58. The second-order valence-electron chi connectivity index (χ2n) is 5.96. The van der Waals surface area contributed by atoms with E-state index < -0.39 is 0 Å². The van der Waals surface area contributed by atoms with E-state index in [1.165, 1.54) is 11.1 Å². The lowest BCUT2D eigenvalue weighted by molar-refractivity contribution is -0.116. The third-order valence-corrected chi connectivity index (χ3v) is 5.06. The molecular weight excluding hydrogens is 308 g/mol. The Balaban J connectivity index is 1.50. The molecule has 1 saturated heterocycles. The van der Waals surface area contributed by atoms with E-state index >= 15 is 0 Å². The molecule has 1 fully saturated rings. The molecule has 1 aliphatic rings. The number of rotatable bonds is 6. The standard InChI is InChI=1S/C18H22N2O2S/c1-13-5-2-3-6-14(13)11-16-12-19-18(23-16)20-17(21)9-8-15-7-4-10-22-15/h2-3,5-6,12,15H,4,7-11H2,1H3,(H,19,20,21). The van der Waals surface area contributed by atoms with E-state index in [1.54, 1.807) is 11.3 Å². The Hall–Kier alpha value is -1.72. The molecule has 4 nitrogen and oxygen atoms in total. The second kappa shape index (κ2) is 7.70. The molecule has 2 heterocycles. The highest BCUT2D eigenvalue weighted by Gasteiger charge is 2.17. The molecule has 0 saturated carbocycles. The minimum Gasteiger partial charge on any atom is -0.378 e. The lowest BCUT2D eigenvalue weighted by atomic mass is 10.1. The second-order valence-corrected chi connectivity index (χ2v) is 7.07. The minimum atomic E-state index is 0.0253. The van der Waals surface area contributed by atoms with Crippen LogP contribution in [0.5, 0.6) is 0 Å². The van der Waals surface area contributed by atoms with Crippen molar-refractivity contribution in [3.63, 3.8) is 0 Å². The first-order valence-corrected chi connectivity index (χ1v) is 8.93. The van der Waals surface area contributed by atoms with Crippen LogP contribution in [0.1, 0.15) is 41.7 Å². The molecule has 122 valence electrons. The van der Waals surface area contributed by atoms with Crippen LogP contribution in [0.2, 0.25) is 0 Å². The van der Waals surface area contributed by atoms with Crippen molar-refractivity contribution >= 4 is 22.4 Å². The van der Waals surface area contributed by atoms with Crippen molar-refractivity contribution in [3.8, 4) is 0 Å². The number of carbonyl (C=O) groups is 1. The summed E-state index contributed by atoms with van der Waals surface area (Å²) in [6, 6.07) is 8.35. The van der Waals surface area contributed by atoms with Gasteiger partial charge >= 0.3 is 0 Å². The Kier molecular flexibility index (Phi) is 5.41. The summed E-state index contributed by atoms with van der Waals surface area (Å²) in [5, 5.41) is 3.59. The van der Waals surface area contributed by atoms with Crippen LogP contribution in [0.25, 0.3) is 0 Å². The molecule has 5 heteroatoms. The van der Waals surface area contributed by atoms with Gasteiger partial charge in [0.05, 0.1) is 6.10 Å². The summed E-state index contributed by atoms with van der Waals surface area (Å²) in [6.07, 6.45) is 6.45. The van der Waals surface area contributed by atoms with E-state index in [-0.39, 0.29) is 12.0 Å². The molecule has 1 N–H and O–H groups in total. The number of nitrogens with zero attached hydrogens (tertiary/aromatic N) is 1.